The molecule has 0 aliphatic rings. The number of alkyl carbamates (subject to hydrolysis) is 1. The van der Waals surface area contributed by atoms with E-state index in [2.05, 4.69) is 14.8 Å². The summed E-state index contributed by atoms with van der Waals surface area (Å²) in [6, 6.07) is 8.41. The summed E-state index contributed by atoms with van der Waals surface area (Å²) in [6.07, 6.45) is -0.456. The second-order valence-corrected chi connectivity index (χ2v) is 3.77. The van der Waals surface area contributed by atoms with Gasteiger partial charge in [-0.05, 0) is 5.56 Å². The van der Waals surface area contributed by atoms with Crippen LogP contribution in [0.15, 0.2) is 30.3 Å². The van der Waals surface area contributed by atoms with E-state index in [-0.39, 0.29) is 13.2 Å². The molecule has 0 aliphatic heterocycles. The quantitative estimate of drug-likeness (QED) is 0.733. The molecule has 0 radical (unpaired) electrons. The Bertz CT molecular complexity index is 407. The Labute approximate surface area is 111 Å². The molecule has 0 saturated heterocycles. The Kier molecular flexibility index (Phi) is 6.38. The maximum atomic E-state index is 11.6. The van der Waals surface area contributed by atoms with Gasteiger partial charge >= 0.3 is 12.1 Å². The second-order valence-electron chi connectivity index (χ2n) is 3.77. The van der Waals surface area contributed by atoms with Crippen molar-refractivity contribution < 1.29 is 24.2 Å². The lowest BCUT2D eigenvalue weighted by molar-refractivity contribution is -0.142. The summed E-state index contributed by atoms with van der Waals surface area (Å²) in [5.41, 5.74) is 0.889. The lowest BCUT2D eigenvalue weighted by Gasteiger charge is -2.16. The molecule has 0 saturated carbocycles. The summed E-state index contributed by atoms with van der Waals surface area (Å²) >= 11 is 0. The first-order chi connectivity index (χ1) is 9.17. The van der Waals surface area contributed by atoms with Crippen LogP contribution in [0.25, 0.3) is 0 Å². The monoisotopic (exact) mass is 267 g/mol. The van der Waals surface area contributed by atoms with Crippen molar-refractivity contribution in [2.24, 2.45) is 0 Å². The molecule has 19 heavy (non-hydrogen) atoms. The third-order valence-electron chi connectivity index (χ3n) is 2.38. The van der Waals surface area contributed by atoms with E-state index in [0.29, 0.717) is 6.42 Å². The van der Waals surface area contributed by atoms with Crippen molar-refractivity contribution in [3.05, 3.63) is 35.9 Å². The predicted molar refractivity (Wildman–Crippen MR) is 67.5 cm³/mol. The number of nitrogens with one attached hydrogen (secondary N) is 1. The fourth-order valence-electron chi connectivity index (χ4n) is 1.51. The van der Waals surface area contributed by atoms with Gasteiger partial charge in [0.25, 0.3) is 0 Å². The predicted octanol–water partition coefficient (Wildman–Crippen LogP) is 0.489. The molecule has 0 aliphatic carbocycles. The number of rotatable bonds is 6. The van der Waals surface area contributed by atoms with Crippen molar-refractivity contribution in [2.75, 3.05) is 20.3 Å². The Morgan fingerprint density at radius 2 is 2.00 bits per heavy atom. The Morgan fingerprint density at radius 1 is 1.32 bits per heavy atom. The van der Waals surface area contributed by atoms with Crippen LogP contribution in [0.4, 0.5) is 4.79 Å². The summed E-state index contributed by atoms with van der Waals surface area (Å²) in [5.74, 6) is -0.551. The molecule has 6 nitrogen and oxygen atoms in total. The van der Waals surface area contributed by atoms with Crippen molar-refractivity contribution in [3.8, 4) is 0 Å². The van der Waals surface area contributed by atoms with E-state index in [1.807, 2.05) is 30.3 Å². The largest absolute Gasteiger partial charge is 0.467 e. The molecule has 0 spiro atoms. The number of aliphatic hydroxyl groups excluding tert-OH is 1. The van der Waals surface area contributed by atoms with E-state index in [4.69, 9.17) is 5.11 Å². The first kappa shape index (κ1) is 15.0. The second kappa shape index (κ2) is 8.10. The van der Waals surface area contributed by atoms with Crippen LogP contribution in [0.3, 0.4) is 0 Å². The summed E-state index contributed by atoms with van der Waals surface area (Å²) < 4.78 is 9.28. The zero-order valence-corrected chi connectivity index (χ0v) is 10.7. The third kappa shape index (κ3) is 5.39. The minimum absolute atomic E-state index is 0.120. The minimum atomic E-state index is -0.821. The molecule has 1 atom stereocenters. The molecular weight excluding hydrogens is 250 g/mol. The number of esters is 1. The van der Waals surface area contributed by atoms with Crippen LogP contribution in [-0.4, -0.2) is 43.5 Å². The van der Waals surface area contributed by atoms with Gasteiger partial charge in [0.2, 0.25) is 0 Å². The molecule has 104 valence electrons. The molecule has 0 bridgehead atoms. The average Bonchev–Trinajstić information content (AvgIpc) is 2.44. The Hall–Kier alpha value is -2.08. The van der Waals surface area contributed by atoms with Crippen LogP contribution in [0.1, 0.15) is 5.56 Å². The molecule has 0 aromatic heterocycles. The smallest absolute Gasteiger partial charge is 0.407 e. The van der Waals surface area contributed by atoms with Gasteiger partial charge in [-0.2, -0.15) is 0 Å². The fraction of sp³-hybridized carbons (Fsp3) is 0.385. The zero-order valence-electron chi connectivity index (χ0n) is 10.7. The van der Waals surface area contributed by atoms with E-state index >= 15 is 0 Å². The summed E-state index contributed by atoms with van der Waals surface area (Å²) in [7, 11) is 1.25. The summed E-state index contributed by atoms with van der Waals surface area (Å²) in [6.45, 7) is -0.389. The molecule has 1 rings (SSSR count). The molecule has 1 aromatic rings. The normalized spacial score (nSPS) is 11.5. The molecule has 0 fully saturated rings. The lowest BCUT2D eigenvalue weighted by atomic mass is 10.1. The Morgan fingerprint density at radius 3 is 2.58 bits per heavy atom. The van der Waals surface area contributed by atoms with E-state index in [9.17, 15) is 9.59 Å². The number of hydrogen-bond donors (Lipinski definition) is 2. The van der Waals surface area contributed by atoms with Crippen LogP contribution in [0.5, 0.6) is 0 Å². The van der Waals surface area contributed by atoms with E-state index in [1.54, 1.807) is 0 Å². The van der Waals surface area contributed by atoms with E-state index in [0.717, 1.165) is 5.56 Å². The fourth-order valence-corrected chi connectivity index (χ4v) is 1.51. The highest BCUT2D eigenvalue weighted by atomic mass is 16.6. The maximum absolute atomic E-state index is 11.6. The molecular formula is C13H17NO5. The Balaban J connectivity index is 2.62. The number of hydrogen-bond acceptors (Lipinski definition) is 5. The number of aliphatic hydroxyl groups is 1. The van der Waals surface area contributed by atoms with E-state index < -0.39 is 18.1 Å². The molecule has 0 heterocycles. The van der Waals surface area contributed by atoms with Gasteiger partial charge in [-0.15, -0.1) is 0 Å². The minimum Gasteiger partial charge on any atom is -0.467 e. The van der Waals surface area contributed by atoms with Gasteiger partial charge in [0.15, 0.2) is 0 Å². The van der Waals surface area contributed by atoms with Gasteiger partial charge in [-0.25, -0.2) is 9.59 Å². The first-order valence-electron chi connectivity index (χ1n) is 5.83. The molecule has 1 amide bonds. The molecule has 1 aromatic carbocycles. The average molecular weight is 267 g/mol. The SMILES string of the molecule is COC(=O)C(Cc1ccccc1)NC(=O)OCCO. The topological polar surface area (TPSA) is 84.9 Å². The van der Waals surface area contributed by atoms with Crippen molar-refractivity contribution in [2.45, 2.75) is 12.5 Å². The highest BCUT2D eigenvalue weighted by Gasteiger charge is 2.22. The van der Waals surface area contributed by atoms with Crippen molar-refractivity contribution >= 4 is 12.1 Å². The maximum Gasteiger partial charge on any atom is 0.407 e. The number of benzene rings is 1. The van der Waals surface area contributed by atoms with Crippen LogP contribution in [-0.2, 0) is 20.7 Å². The molecule has 1 unspecified atom stereocenters. The van der Waals surface area contributed by atoms with Crippen molar-refractivity contribution in [1.82, 2.24) is 5.32 Å². The van der Waals surface area contributed by atoms with Crippen molar-refractivity contribution in [3.63, 3.8) is 0 Å². The van der Waals surface area contributed by atoms with Gasteiger partial charge in [0, 0.05) is 6.42 Å². The zero-order chi connectivity index (χ0) is 14.1. The van der Waals surface area contributed by atoms with Gasteiger partial charge in [-0.1, -0.05) is 30.3 Å². The standard InChI is InChI=1S/C13H17NO5/c1-18-12(16)11(14-13(17)19-8-7-15)9-10-5-3-2-4-6-10/h2-6,11,15H,7-9H2,1H3,(H,14,17). The number of amides is 1. The van der Waals surface area contributed by atoms with Crippen LogP contribution >= 0.6 is 0 Å². The van der Waals surface area contributed by atoms with Gasteiger partial charge < -0.3 is 19.9 Å². The molecule has 2 N–H and O–H groups in total. The molecule has 6 heteroatoms. The van der Waals surface area contributed by atoms with E-state index in [1.165, 1.54) is 7.11 Å². The number of methoxy groups -OCH3 is 1. The van der Waals surface area contributed by atoms with Crippen LogP contribution in [0, 0.1) is 0 Å². The third-order valence-corrected chi connectivity index (χ3v) is 2.38. The van der Waals surface area contributed by atoms with Crippen molar-refractivity contribution in [1.29, 1.82) is 0 Å². The van der Waals surface area contributed by atoms with Gasteiger partial charge in [0.1, 0.15) is 12.6 Å². The number of carbonyl (C=O) groups excluding carboxylic acids is 2. The number of carbonyl (C=O) groups is 2. The van der Waals surface area contributed by atoms with Crippen LogP contribution < -0.4 is 5.32 Å². The van der Waals surface area contributed by atoms with Gasteiger partial charge in [-0.3, -0.25) is 0 Å². The van der Waals surface area contributed by atoms with Crippen LogP contribution in [0.2, 0.25) is 0 Å². The first-order valence-corrected chi connectivity index (χ1v) is 5.83. The lowest BCUT2D eigenvalue weighted by Crippen LogP contribution is -2.43. The summed E-state index contributed by atoms with van der Waals surface area (Å²) in [4.78, 5) is 23.0. The highest BCUT2D eigenvalue weighted by Crippen LogP contribution is 2.04. The highest BCUT2D eigenvalue weighted by molar-refractivity contribution is 5.81. The summed E-state index contributed by atoms with van der Waals surface area (Å²) in [5, 5.41) is 10.9. The number of ether oxygens (including phenoxy) is 2. The van der Waals surface area contributed by atoms with Gasteiger partial charge in [0.05, 0.1) is 13.7 Å².